The monoisotopic (exact) mass is 336 g/mol. The summed E-state index contributed by atoms with van der Waals surface area (Å²) >= 11 is 0. The zero-order valence-corrected chi connectivity index (χ0v) is 15.4. The minimum atomic E-state index is -0.453. The molecule has 1 atom stereocenters. The normalized spacial score (nSPS) is 25.0. The molecule has 1 aliphatic carbocycles. The molecule has 0 spiro atoms. The maximum absolute atomic E-state index is 10.8. The van der Waals surface area contributed by atoms with E-state index in [9.17, 15) is 5.11 Å². The molecule has 3 rings (SSSR count). The molecule has 6 nitrogen and oxygen atoms in total. The summed E-state index contributed by atoms with van der Waals surface area (Å²) in [7, 11) is 2.13. The number of aromatic nitrogens is 2. The van der Waals surface area contributed by atoms with Gasteiger partial charge in [-0.1, -0.05) is 38.3 Å². The minimum absolute atomic E-state index is 0.273. The highest BCUT2D eigenvalue weighted by Crippen LogP contribution is 2.30. The van der Waals surface area contributed by atoms with Crippen molar-refractivity contribution in [3.8, 4) is 0 Å². The van der Waals surface area contributed by atoms with Gasteiger partial charge < -0.3 is 9.63 Å². The van der Waals surface area contributed by atoms with Crippen molar-refractivity contribution in [2.24, 2.45) is 0 Å². The summed E-state index contributed by atoms with van der Waals surface area (Å²) in [6, 6.07) is 0.498. The van der Waals surface area contributed by atoms with Gasteiger partial charge in [-0.2, -0.15) is 4.98 Å². The van der Waals surface area contributed by atoms with Gasteiger partial charge >= 0.3 is 0 Å². The Hall–Kier alpha value is -0.980. The maximum Gasteiger partial charge on any atom is 0.229 e. The summed E-state index contributed by atoms with van der Waals surface area (Å²) < 4.78 is 5.29. The van der Waals surface area contributed by atoms with Gasteiger partial charge in [0.05, 0.1) is 12.1 Å². The molecular weight excluding hydrogens is 304 g/mol. The van der Waals surface area contributed by atoms with E-state index in [4.69, 9.17) is 4.52 Å². The highest BCUT2D eigenvalue weighted by molar-refractivity contribution is 4.94. The van der Waals surface area contributed by atoms with Crippen LogP contribution in [0.4, 0.5) is 0 Å². The lowest BCUT2D eigenvalue weighted by atomic mass is 9.84. The van der Waals surface area contributed by atoms with Gasteiger partial charge in [-0.25, -0.2) is 0 Å². The van der Waals surface area contributed by atoms with E-state index in [1.165, 1.54) is 19.3 Å². The summed E-state index contributed by atoms with van der Waals surface area (Å²) in [5.74, 6) is 1.76. The van der Waals surface area contributed by atoms with Crippen LogP contribution in [-0.2, 0) is 6.54 Å². The average Bonchev–Trinajstić information content (AvgIpc) is 3.17. The van der Waals surface area contributed by atoms with Crippen LogP contribution in [0.15, 0.2) is 4.52 Å². The molecule has 2 fully saturated rings. The zero-order chi connectivity index (χ0) is 17.2. The second-order valence-corrected chi connectivity index (χ2v) is 8.08. The Morgan fingerprint density at radius 3 is 2.75 bits per heavy atom. The third kappa shape index (κ3) is 4.35. The molecule has 136 valence electrons. The molecule has 1 N–H and O–H groups in total. The van der Waals surface area contributed by atoms with Crippen molar-refractivity contribution in [3.05, 3.63) is 11.7 Å². The maximum atomic E-state index is 10.8. The molecule has 1 saturated carbocycles. The number of rotatable bonds is 6. The van der Waals surface area contributed by atoms with Crippen LogP contribution in [0, 0.1) is 0 Å². The Morgan fingerprint density at radius 1 is 1.33 bits per heavy atom. The van der Waals surface area contributed by atoms with Gasteiger partial charge in [-0.05, 0) is 32.9 Å². The van der Waals surface area contributed by atoms with Crippen LogP contribution in [0.3, 0.4) is 0 Å². The molecule has 6 heteroatoms. The fraction of sp³-hybridized carbons (Fsp3) is 0.889. The highest BCUT2D eigenvalue weighted by Gasteiger charge is 2.35. The molecule has 0 unspecified atom stereocenters. The first kappa shape index (κ1) is 17.8. The van der Waals surface area contributed by atoms with Crippen molar-refractivity contribution in [2.75, 3.05) is 26.7 Å². The average molecular weight is 336 g/mol. The predicted molar refractivity (Wildman–Crippen MR) is 92.7 cm³/mol. The van der Waals surface area contributed by atoms with Gasteiger partial charge in [0.25, 0.3) is 0 Å². The molecule has 1 aromatic rings. The number of β-amino-alcohol motifs (C(OH)–C–C–N with tert-alkyl or cyclic N) is 1. The molecule has 24 heavy (non-hydrogen) atoms. The summed E-state index contributed by atoms with van der Waals surface area (Å²) in [6.07, 6.45) is 6.68. The first-order valence-corrected chi connectivity index (χ1v) is 9.43. The number of hydrogen-bond acceptors (Lipinski definition) is 6. The Kier molecular flexibility index (Phi) is 5.57. The van der Waals surface area contributed by atoms with E-state index in [1.807, 2.05) is 0 Å². The number of nitrogens with zero attached hydrogens (tertiary/aromatic N) is 4. The Bertz CT molecular complexity index is 525. The molecule has 0 amide bonds. The van der Waals surface area contributed by atoms with Gasteiger partial charge in [0.15, 0.2) is 5.82 Å². The van der Waals surface area contributed by atoms with Crippen molar-refractivity contribution >= 4 is 0 Å². The second kappa shape index (κ2) is 7.50. The third-order valence-electron chi connectivity index (χ3n) is 5.54. The van der Waals surface area contributed by atoms with Crippen molar-refractivity contribution in [3.63, 3.8) is 0 Å². The number of likely N-dealkylation sites (tertiary alicyclic amines) is 1. The van der Waals surface area contributed by atoms with Gasteiger partial charge in [0, 0.05) is 25.0 Å². The van der Waals surface area contributed by atoms with E-state index in [0.29, 0.717) is 11.9 Å². The second-order valence-electron chi connectivity index (χ2n) is 8.08. The molecule has 2 heterocycles. The zero-order valence-electron chi connectivity index (χ0n) is 15.4. The quantitative estimate of drug-likeness (QED) is 0.860. The van der Waals surface area contributed by atoms with Crippen LogP contribution in [0.25, 0.3) is 0 Å². The van der Waals surface area contributed by atoms with Crippen LogP contribution in [0.5, 0.6) is 0 Å². The third-order valence-corrected chi connectivity index (χ3v) is 5.54. The Balaban J connectivity index is 1.49. The fourth-order valence-electron chi connectivity index (χ4n) is 4.02. The number of hydrogen-bond donors (Lipinski definition) is 1. The fourth-order valence-corrected chi connectivity index (χ4v) is 4.02. The summed E-state index contributed by atoms with van der Waals surface area (Å²) in [5.41, 5.74) is -0.453. The lowest BCUT2D eigenvalue weighted by Gasteiger charge is -2.35. The lowest BCUT2D eigenvalue weighted by molar-refractivity contribution is -0.0225. The standard InChI is InChI=1S/C18H32N4O2/c1-14(2)17-19-16(20-24-17)12-21(3)15-7-10-22(11-15)13-18(23)8-5-4-6-9-18/h14-15,23H,4-13H2,1-3H3/t15-/m0/s1. The molecule has 1 saturated heterocycles. The minimum Gasteiger partial charge on any atom is -0.389 e. The number of likely N-dealkylation sites (N-methyl/N-ethyl adjacent to an activating group) is 1. The molecule has 0 bridgehead atoms. The van der Waals surface area contributed by atoms with Gasteiger partial charge in [-0.3, -0.25) is 9.80 Å². The summed E-state index contributed by atoms with van der Waals surface area (Å²) in [6.45, 7) is 7.77. The smallest absolute Gasteiger partial charge is 0.229 e. The van der Waals surface area contributed by atoms with E-state index in [2.05, 4.69) is 40.8 Å². The molecule has 1 aliphatic heterocycles. The van der Waals surface area contributed by atoms with Crippen LogP contribution >= 0.6 is 0 Å². The van der Waals surface area contributed by atoms with Crippen LogP contribution in [-0.4, -0.2) is 63.4 Å². The van der Waals surface area contributed by atoms with Crippen molar-refractivity contribution in [1.29, 1.82) is 0 Å². The molecular formula is C18H32N4O2. The van der Waals surface area contributed by atoms with Crippen LogP contribution < -0.4 is 0 Å². The number of aliphatic hydroxyl groups is 1. The summed E-state index contributed by atoms with van der Waals surface area (Å²) in [5, 5.41) is 14.8. The van der Waals surface area contributed by atoms with Crippen molar-refractivity contribution < 1.29 is 9.63 Å². The van der Waals surface area contributed by atoms with Crippen molar-refractivity contribution in [1.82, 2.24) is 19.9 Å². The Morgan fingerprint density at radius 2 is 2.08 bits per heavy atom. The van der Waals surface area contributed by atoms with E-state index in [1.54, 1.807) is 0 Å². The largest absolute Gasteiger partial charge is 0.389 e. The van der Waals surface area contributed by atoms with Gasteiger partial charge in [0.1, 0.15) is 0 Å². The van der Waals surface area contributed by atoms with Crippen LogP contribution in [0.1, 0.15) is 70.0 Å². The predicted octanol–water partition coefficient (Wildman–Crippen LogP) is 2.39. The summed E-state index contributed by atoms with van der Waals surface area (Å²) in [4.78, 5) is 9.22. The SMILES string of the molecule is CC(C)c1nc(CN(C)[C@H]2CCN(CC3(O)CCCCC3)C2)no1. The van der Waals surface area contributed by atoms with E-state index >= 15 is 0 Å². The topological polar surface area (TPSA) is 65.6 Å². The van der Waals surface area contributed by atoms with Crippen LogP contribution in [0.2, 0.25) is 0 Å². The Labute approximate surface area is 145 Å². The lowest BCUT2D eigenvalue weighted by Crippen LogP contribution is -2.44. The van der Waals surface area contributed by atoms with E-state index < -0.39 is 5.60 Å². The first-order valence-electron chi connectivity index (χ1n) is 9.43. The van der Waals surface area contributed by atoms with E-state index in [-0.39, 0.29) is 5.92 Å². The highest BCUT2D eigenvalue weighted by atomic mass is 16.5. The first-order chi connectivity index (χ1) is 11.5. The molecule has 0 aromatic carbocycles. The van der Waals surface area contributed by atoms with Gasteiger partial charge in [0.2, 0.25) is 5.89 Å². The van der Waals surface area contributed by atoms with E-state index in [0.717, 1.165) is 51.3 Å². The molecule has 0 radical (unpaired) electrons. The van der Waals surface area contributed by atoms with Gasteiger partial charge in [-0.15, -0.1) is 0 Å². The van der Waals surface area contributed by atoms with Crippen molar-refractivity contribution in [2.45, 2.75) is 76.5 Å². The molecule has 2 aliphatic rings. The molecule has 1 aromatic heterocycles.